The molecule has 7 rings (SSSR count). The molecule has 1 N–H and O–H groups in total. The van der Waals surface area contributed by atoms with Crippen LogP contribution in [0.25, 0.3) is 16.5 Å². The highest BCUT2D eigenvalue weighted by Gasteiger charge is 2.38. The average Bonchev–Trinajstić information content (AvgIpc) is 3.61. The standard InChI is InChI=1S/C36H35ClN6O3/c1-23(30-19-25-9-8-14-29(37)31(25)36(45)43(30)27-12-4-3-5-13-27)40-33-32-34(39-21-38-33)41(20-24-15-17-28(46-2)18-16-24)22-42(35(32)44)26-10-6-7-11-26/h3-5,8-9,12-19,21,23,26H,6-7,10-11,20,22H2,1-2H3,(H,38,39,40)/t23-/m0/s1. The molecule has 0 saturated heterocycles. The van der Waals surface area contributed by atoms with Gasteiger partial charge in [0.05, 0.1) is 30.2 Å². The van der Waals surface area contributed by atoms with E-state index in [-0.39, 0.29) is 17.5 Å². The van der Waals surface area contributed by atoms with Crippen LogP contribution in [0.3, 0.4) is 0 Å². The van der Waals surface area contributed by atoms with Gasteiger partial charge in [0.25, 0.3) is 11.5 Å². The second kappa shape index (κ2) is 12.5. The lowest BCUT2D eigenvalue weighted by atomic mass is 10.1. The van der Waals surface area contributed by atoms with Crippen molar-refractivity contribution in [1.82, 2.24) is 19.4 Å². The fraction of sp³-hybridized carbons (Fsp3) is 0.278. The van der Waals surface area contributed by atoms with Crippen molar-refractivity contribution in [3.05, 3.63) is 117 Å². The van der Waals surface area contributed by atoms with Crippen LogP contribution in [-0.4, -0.2) is 45.2 Å². The molecule has 0 spiro atoms. The van der Waals surface area contributed by atoms with E-state index in [1.54, 1.807) is 17.7 Å². The van der Waals surface area contributed by atoms with Gasteiger partial charge in [-0.05, 0) is 67.1 Å². The quantitative estimate of drug-likeness (QED) is 0.197. The van der Waals surface area contributed by atoms with Gasteiger partial charge in [0.15, 0.2) is 0 Å². The molecule has 1 saturated carbocycles. The van der Waals surface area contributed by atoms with Crippen molar-refractivity contribution in [3.8, 4) is 11.4 Å². The zero-order valence-electron chi connectivity index (χ0n) is 25.8. The lowest BCUT2D eigenvalue weighted by Crippen LogP contribution is -2.51. The van der Waals surface area contributed by atoms with Crippen LogP contribution in [0, 0.1) is 0 Å². The number of benzene rings is 3. The maximum Gasteiger partial charge on any atom is 0.264 e. The Morgan fingerprint density at radius 1 is 0.978 bits per heavy atom. The Bertz CT molecular complexity index is 1960. The van der Waals surface area contributed by atoms with E-state index >= 15 is 0 Å². The summed E-state index contributed by atoms with van der Waals surface area (Å²) in [7, 11) is 1.65. The molecule has 5 aromatic rings. The number of nitrogens with one attached hydrogen (secondary N) is 1. The number of pyridine rings is 1. The van der Waals surface area contributed by atoms with Gasteiger partial charge in [0, 0.05) is 24.0 Å². The maximum absolute atomic E-state index is 14.3. The van der Waals surface area contributed by atoms with Gasteiger partial charge in [-0.15, -0.1) is 0 Å². The number of ether oxygens (including phenoxy) is 1. The van der Waals surface area contributed by atoms with Crippen molar-refractivity contribution >= 4 is 39.9 Å². The molecule has 10 heteroatoms. The smallest absolute Gasteiger partial charge is 0.264 e. The predicted octanol–water partition coefficient (Wildman–Crippen LogP) is 6.98. The van der Waals surface area contributed by atoms with Crippen LogP contribution in [-0.2, 0) is 6.54 Å². The first-order chi connectivity index (χ1) is 22.4. The van der Waals surface area contributed by atoms with E-state index in [9.17, 15) is 9.59 Å². The molecule has 1 atom stereocenters. The molecule has 234 valence electrons. The van der Waals surface area contributed by atoms with Crippen LogP contribution < -0.4 is 20.5 Å². The maximum atomic E-state index is 14.3. The van der Waals surface area contributed by atoms with Gasteiger partial charge in [0.1, 0.15) is 29.3 Å². The molecule has 9 nitrogen and oxygen atoms in total. The van der Waals surface area contributed by atoms with E-state index in [1.807, 2.05) is 84.6 Å². The largest absolute Gasteiger partial charge is 0.497 e. The fourth-order valence-electron chi connectivity index (χ4n) is 6.74. The van der Waals surface area contributed by atoms with Gasteiger partial charge in [-0.2, -0.15) is 0 Å². The molecule has 3 heterocycles. The topological polar surface area (TPSA) is 92.6 Å². The molecule has 0 radical (unpaired) electrons. The number of para-hydroxylation sites is 1. The average molecular weight is 635 g/mol. The van der Waals surface area contributed by atoms with Gasteiger partial charge in [-0.3, -0.25) is 14.2 Å². The van der Waals surface area contributed by atoms with Crippen molar-refractivity contribution in [2.75, 3.05) is 24.0 Å². The Balaban J connectivity index is 1.31. The molecule has 2 aliphatic rings. The molecule has 0 bridgehead atoms. The summed E-state index contributed by atoms with van der Waals surface area (Å²) < 4.78 is 7.04. The predicted molar refractivity (Wildman–Crippen MR) is 181 cm³/mol. The van der Waals surface area contributed by atoms with E-state index in [2.05, 4.69) is 20.2 Å². The van der Waals surface area contributed by atoms with Gasteiger partial charge in [0.2, 0.25) is 0 Å². The Kier molecular flexibility index (Phi) is 8.09. The SMILES string of the molecule is COc1ccc(CN2CN(C3CCCC3)C(=O)c3c(N[C@@H](C)c4cc5cccc(Cl)c5c(=O)n4-c4ccccc4)ncnc32)cc1. The number of anilines is 2. The van der Waals surface area contributed by atoms with Gasteiger partial charge >= 0.3 is 0 Å². The molecule has 1 amide bonds. The Hall–Kier alpha value is -4.89. The summed E-state index contributed by atoms with van der Waals surface area (Å²) in [6.45, 7) is 2.99. The lowest BCUT2D eigenvalue weighted by molar-refractivity contribution is 0.0662. The van der Waals surface area contributed by atoms with Crippen LogP contribution in [0.15, 0.2) is 90.0 Å². The highest BCUT2D eigenvalue weighted by atomic mass is 35.5. The minimum atomic E-state index is -0.417. The van der Waals surface area contributed by atoms with Crippen LogP contribution in [0.1, 0.15) is 60.3 Å². The third-order valence-corrected chi connectivity index (χ3v) is 9.37. The zero-order valence-corrected chi connectivity index (χ0v) is 26.6. The number of carbonyl (C=O) groups is 1. The first kappa shape index (κ1) is 29.8. The van der Waals surface area contributed by atoms with Crippen LogP contribution in [0.4, 0.5) is 11.6 Å². The third kappa shape index (κ3) is 5.45. The summed E-state index contributed by atoms with van der Waals surface area (Å²) in [5, 5.41) is 5.11. The summed E-state index contributed by atoms with van der Waals surface area (Å²) in [4.78, 5) is 41.7. The normalized spacial score (nSPS) is 15.7. The van der Waals surface area contributed by atoms with Crippen molar-refractivity contribution in [3.63, 3.8) is 0 Å². The molecule has 1 fully saturated rings. The number of amides is 1. The molecule has 3 aromatic carbocycles. The molecule has 0 unspecified atom stereocenters. The van der Waals surface area contributed by atoms with E-state index < -0.39 is 6.04 Å². The van der Waals surface area contributed by atoms with Crippen molar-refractivity contribution < 1.29 is 9.53 Å². The number of halogens is 1. The summed E-state index contributed by atoms with van der Waals surface area (Å²) in [6.07, 6.45) is 5.67. The van der Waals surface area contributed by atoms with Gasteiger partial charge in [-0.25, -0.2) is 9.97 Å². The number of carbonyl (C=O) groups excluding carboxylic acids is 1. The van der Waals surface area contributed by atoms with E-state index in [0.717, 1.165) is 48.1 Å². The Morgan fingerprint density at radius 2 is 1.74 bits per heavy atom. The van der Waals surface area contributed by atoms with Gasteiger partial charge < -0.3 is 19.9 Å². The zero-order chi connectivity index (χ0) is 31.8. The lowest BCUT2D eigenvalue weighted by Gasteiger charge is -2.40. The second-order valence-corrected chi connectivity index (χ2v) is 12.3. The van der Waals surface area contributed by atoms with Crippen LogP contribution in [0.2, 0.25) is 5.02 Å². The molecule has 46 heavy (non-hydrogen) atoms. The summed E-state index contributed by atoms with van der Waals surface area (Å²) in [6, 6.07) is 24.6. The van der Waals surface area contributed by atoms with Crippen LogP contribution in [0.5, 0.6) is 5.75 Å². The van der Waals surface area contributed by atoms with Crippen molar-refractivity contribution in [1.29, 1.82) is 0 Å². The minimum Gasteiger partial charge on any atom is -0.497 e. The minimum absolute atomic E-state index is 0.0751. The molecular weight excluding hydrogens is 600 g/mol. The second-order valence-electron chi connectivity index (χ2n) is 11.9. The molecule has 1 aliphatic heterocycles. The number of rotatable bonds is 8. The summed E-state index contributed by atoms with van der Waals surface area (Å²) in [5.41, 5.74) is 2.74. The number of aromatic nitrogens is 3. The number of nitrogens with zero attached hydrogens (tertiary/aromatic N) is 5. The molecule has 2 aromatic heterocycles. The molecular formula is C36H35ClN6O3. The van der Waals surface area contributed by atoms with Gasteiger partial charge in [-0.1, -0.05) is 66.9 Å². The van der Waals surface area contributed by atoms with Crippen LogP contribution >= 0.6 is 11.6 Å². The Morgan fingerprint density at radius 3 is 2.48 bits per heavy atom. The number of methoxy groups -OCH3 is 1. The van der Waals surface area contributed by atoms with Crippen molar-refractivity contribution in [2.45, 2.75) is 51.2 Å². The van der Waals surface area contributed by atoms with E-state index in [4.69, 9.17) is 16.3 Å². The first-order valence-corrected chi connectivity index (χ1v) is 16.0. The van der Waals surface area contributed by atoms with Crippen molar-refractivity contribution in [2.24, 2.45) is 0 Å². The highest BCUT2D eigenvalue weighted by molar-refractivity contribution is 6.35. The van der Waals surface area contributed by atoms with E-state index in [0.29, 0.717) is 46.5 Å². The summed E-state index contributed by atoms with van der Waals surface area (Å²) >= 11 is 6.53. The summed E-state index contributed by atoms with van der Waals surface area (Å²) in [5.74, 6) is 1.74. The Labute approximate surface area is 272 Å². The highest BCUT2D eigenvalue weighted by Crippen LogP contribution is 2.36. The fourth-order valence-corrected chi connectivity index (χ4v) is 7.00. The third-order valence-electron chi connectivity index (χ3n) is 9.06. The van der Waals surface area contributed by atoms with E-state index in [1.165, 1.54) is 6.33 Å². The molecule has 1 aliphatic carbocycles. The number of fused-ring (bicyclic) bond motifs is 2. The number of hydrogen-bond acceptors (Lipinski definition) is 7. The monoisotopic (exact) mass is 634 g/mol. The first-order valence-electron chi connectivity index (χ1n) is 15.6. The number of hydrogen-bond donors (Lipinski definition) is 1.